The van der Waals surface area contributed by atoms with Crippen LogP contribution in [0, 0.1) is 0 Å². The highest BCUT2D eigenvalue weighted by Gasteiger charge is 2.14. The van der Waals surface area contributed by atoms with Gasteiger partial charge in [0.25, 0.3) is 0 Å². The summed E-state index contributed by atoms with van der Waals surface area (Å²) >= 11 is 3.43. The van der Waals surface area contributed by atoms with Gasteiger partial charge in [0.1, 0.15) is 5.52 Å². The van der Waals surface area contributed by atoms with Gasteiger partial charge in [-0.15, -0.1) is 5.10 Å². The first-order valence-corrected chi connectivity index (χ1v) is 26.3. The van der Waals surface area contributed by atoms with Gasteiger partial charge in [0, 0.05) is 17.3 Å². The lowest BCUT2D eigenvalue weighted by atomic mass is 9.98. The molecular formula is C55H78N4OS2. The van der Waals surface area contributed by atoms with Crippen molar-refractivity contribution in [3.05, 3.63) is 128 Å². The molecule has 0 saturated carbocycles. The van der Waals surface area contributed by atoms with Gasteiger partial charge in [0.05, 0.1) is 22.6 Å². The van der Waals surface area contributed by atoms with E-state index in [0.717, 1.165) is 52.2 Å². The molecule has 0 bridgehead atoms. The maximum absolute atomic E-state index is 13.5. The molecule has 0 radical (unpaired) electrons. The minimum atomic E-state index is 0.213. The summed E-state index contributed by atoms with van der Waals surface area (Å²) in [5.41, 5.74) is 5.81. The minimum Gasteiger partial charge on any atom is -0.340 e. The zero-order valence-corrected chi connectivity index (χ0v) is 40.5. The highest BCUT2D eigenvalue weighted by atomic mass is 32.1. The Balaban J connectivity index is 0.000000231. The van der Waals surface area contributed by atoms with E-state index in [1.54, 1.807) is 22.7 Å². The van der Waals surface area contributed by atoms with E-state index in [4.69, 9.17) is 0 Å². The fourth-order valence-corrected chi connectivity index (χ4v) is 9.10. The zero-order valence-electron chi connectivity index (χ0n) is 38.8. The highest BCUT2D eigenvalue weighted by Crippen LogP contribution is 2.25. The molecule has 0 aliphatic carbocycles. The Kier molecular flexibility index (Phi) is 25.9. The van der Waals surface area contributed by atoms with Gasteiger partial charge in [-0.05, 0) is 90.0 Å². The monoisotopic (exact) mass is 875 g/mol. The van der Waals surface area contributed by atoms with Gasteiger partial charge in [-0.2, -0.15) is 22.7 Å². The number of nitrogens with zero attached hydrogens (tertiary/aromatic N) is 4. The Bertz CT molecular complexity index is 2130. The Morgan fingerprint density at radius 1 is 0.516 bits per heavy atom. The fraction of sp³-hybridized carbons (Fsp3) is 0.509. The summed E-state index contributed by atoms with van der Waals surface area (Å²) in [6.07, 6.45) is 28.7. The molecule has 0 aliphatic rings. The van der Waals surface area contributed by atoms with Crippen LogP contribution in [0.15, 0.2) is 117 Å². The second kappa shape index (κ2) is 31.7. The summed E-state index contributed by atoms with van der Waals surface area (Å²) < 4.78 is 4.48. The molecule has 0 saturated heterocycles. The number of hydrogen-bond donors (Lipinski definition) is 0. The predicted molar refractivity (Wildman–Crippen MR) is 274 cm³/mol. The van der Waals surface area contributed by atoms with E-state index in [1.165, 1.54) is 134 Å². The van der Waals surface area contributed by atoms with Gasteiger partial charge in [0.15, 0.2) is 5.43 Å². The number of thiophene rings is 2. The van der Waals surface area contributed by atoms with Gasteiger partial charge in [0.2, 0.25) is 0 Å². The van der Waals surface area contributed by atoms with Crippen molar-refractivity contribution in [3.8, 4) is 0 Å². The SMILES string of the molecule is CCCCCCCCCCC(C)n1nnc2ccccc21.CCCCCCCCCCc1cccc2c1c(=O)c1ccccc1n2CCCCCC.c1ccsc1.c1ccsc1. The topological polar surface area (TPSA) is 52.7 Å². The maximum atomic E-state index is 13.5. The van der Waals surface area contributed by atoms with Gasteiger partial charge in [-0.1, -0.05) is 202 Å². The van der Waals surface area contributed by atoms with Crippen molar-refractivity contribution in [1.82, 2.24) is 19.6 Å². The van der Waals surface area contributed by atoms with Crippen molar-refractivity contribution in [3.63, 3.8) is 0 Å². The number of benzene rings is 3. The molecule has 7 heteroatoms. The maximum Gasteiger partial charge on any atom is 0.197 e. The van der Waals surface area contributed by atoms with E-state index in [-0.39, 0.29) is 5.43 Å². The second-order valence-corrected chi connectivity index (χ2v) is 18.4. The standard InChI is InChI=1S/C29H41NO.C18H29N3.2C4H4S/c1-3-5-7-9-10-11-12-13-18-24-19-17-22-27-28(24)29(31)25-20-14-15-21-26(25)30(27)23-16-8-6-4-2;1-3-4-5-6-7-8-9-10-13-16(2)21-18-15-12-11-14-17(18)19-20-21;2*1-2-4-5-3-1/h14-15,17,19-22H,3-13,16,18,23H2,1-2H3;11-12,14-16H,3-10,13H2,1-2H3;2*1-4H. The Morgan fingerprint density at radius 2 is 1.02 bits per heavy atom. The average Bonchev–Trinajstić information content (AvgIpc) is 4.15. The number of rotatable bonds is 24. The molecule has 0 aliphatic heterocycles. The predicted octanol–water partition coefficient (Wildman–Crippen LogP) is 17.4. The third-order valence-electron chi connectivity index (χ3n) is 11.7. The summed E-state index contributed by atoms with van der Waals surface area (Å²) in [7, 11) is 0. The fourth-order valence-electron chi connectivity index (χ4n) is 8.20. The number of aromatic nitrogens is 4. The van der Waals surface area contributed by atoms with Gasteiger partial charge >= 0.3 is 0 Å². The van der Waals surface area contributed by atoms with Crippen molar-refractivity contribution in [1.29, 1.82) is 0 Å². The van der Waals surface area contributed by atoms with Crippen molar-refractivity contribution in [2.24, 2.45) is 0 Å². The van der Waals surface area contributed by atoms with Crippen LogP contribution in [0.2, 0.25) is 0 Å². The van der Waals surface area contributed by atoms with Crippen LogP contribution in [0.25, 0.3) is 32.8 Å². The highest BCUT2D eigenvalue weighted by molar-refractivity contribution is 7.08. The van der Waals surface area contributed by atoms with Crippen molar-refractivity contribution in [2.75, 3.05) is 0 Å². The molecule has 3 aromatic carbocycles. The van der Waals surface area contributed by atoms with Gasteiger partial charge in [-0.3, -0.25) is 4.79 Å². The largest absolute Gasteiger partial charge is 0.340 e. The van der Waals surface area contributed by atoms with Crippen molar-refractivity contribution >= 4 is 55.5 Å². The smallest absolute Gasteiger partial charge is 0.197 e. The molecule has 5 nitrogen and oxygen atoms in total. The first kappa shape index (κ1) is 50.6. The third kappa shape index (κ3) is 18.0. The van der Waals surface area contributed by atoms with Crippen LogP contribution in [0.3, 0.4) is 0 Å². The summed E-state index contributed by atoms with van der Waals surface area (Å²) in [4.78, 5) is 13.5. The second-order valence-electron chi connectivity index (χ2n) is 16.8. The first-order chi connectivity index (χ1) is 30.6. The lowest BCUT2D eigenvalue weighted by molar-refractivity contribution is 0.433. The van der Waals surface area contributed by atoms with Gasteiger partial charge < -0.3 is 4.57 Å². The van der Waals surface area contributed by atoms with Crippen LogP contribution in [0.1, 0.15) is 174 Å². The lowest BCUT2D eigenvalue weighted by Crippen LogP contribution is -2.13. The number of unbranched alkanes of at least 4 members (excludes halogenated alkanes) is 17. The van der Waals surface area contributed by atoms with Gasteiger partial charge in [-0.25, -0.2) is 4.68 Å². The molecule has 0 fully saturated rings. The van der Waals surface area contributed by atoms with Crippen LogP contribution in [-0.4, -0.2) is 19.6 Å². The van der Waals surface area contributed by atoms with E-state index < -0.39 is 0 Å². The quantitative estimate of drug-likeness (QED) is 0.0449. The first-order valence-electron chi connectivity index (χ1n) is 24.4. The summed E-state index contributed by atoms with van der Waals surface area (Å²) in [5.74, 6) is 0. The Hall–Kier alpha value is -4.07. The molecule has 0 spiro atoms. The zero-order chi connectivity index (χ0) is 43.9. The van der Waals surface area contributed by atoms with Crippen LogP contribution in [-0.2, 0) is 13.0 Å². The molecule has 62 heavy (non-hydrogen) atoms. The van der Waals surface area contributed by atoms with Crippen LogP contribution < -0.4 is 5.43 Å². The van der Waals surface area contributed by atoms with Crippen molar-refractivity contribution < 1.29 is 0 Å². The average molecular weight is 875 g/mol. The molecule has 1 atom stereocenters. The summed E-state index contributed by atoms with van der Waals surface area (Å²) in [6.45, 7) is 10.0. The molecule has 4 heterocycles. The molecule has 0 amide bonds. The molecule has 0 N–H and O–H groups in total. The molecule has 7 rings (SSSR count). The normalized spacial score (nSPS) is 11.4. The van der Waals surface area contributed by atoms with Crippen LogP contribution in [0.5, 0.6) is 0 Å². The molecule has 7 aromatic rings. The number of fused-ring (bicyclic) bond motifs is 3. The summed E-state index contributed by atoms with van der Waals surface area (Å²) in [5, 5.41) is 18.5. The van der Waals surface area contributed by atoms with E-state index >= 15 is 0 Å². The number of para-hydroxylation sites is 2. The number of aryl methyl sites for hydroxylation is 2. The molecular weight excluding hydrogens is 797 g/mol. The number of pyridine rings is 1. The van der Waals surface area contributed by atoms with E-state index in [9.17, 15) is 4.79 Å². The molecule has 1 unspecified atom stereocenters. The number of hydrogen-bond acceptors (Lipinski definition) is 5. The molecule has 4 aromatic heterocycles. The van der Waals surface area contributed by atoms with E-state index in [0.29, 0.717) is 6.04 Å². The van der Waals surface area contributed by atoms with E-state index in [1.807, 2.05) is 70.1 Å². The lowest BCUT2D eigenvalue weighted by Gasteiger charge is -2.17. The van der Waals surface area contributed by atoms with Crippen molar-refractivity contribution in [2.45, 2.75) is 182 Å². The van der Waals surface area contributed by atoms with Crippen LogP contribution >= 0.6 is 22.7 Å². The Labute approximate surface area is 383 Å². The van der Waals surface area contributed by atoms with E-state index in [2.05, 4.69) is 89.7 Å². The third-order valence-corrected chi connectivity index (χ3v) is 13.0. The summed E-state index contributed by atoms with van der Waals surface area (Å²) in [6, 6.07) is 31.4. The minimum absolute atomic E-state index is 0.213. The van der Waals surface area contributed by atoms with Crippen LogP contribution in [0.4, 0.5) is 0 Å². The Morgan fingerprint density at radius 3 is 1.60 bits per heavy atom. The molecule has 336 valence electrons.